The maximum atomic E-state index is 10.4. The van der Waals surface area contributed by atoms with Crippen molar-refractivity contribution >= 4 is 0 Å². The third kappa shape index (κ3) is 2.88. The van der Waals surface area contributed by atoms with Gasteiger partial charge in [-0.1, -0.05) is 42.0 Å². The Kier molecular flexibility index (Phi) is 3.99. The van der Waals surface area contributed by atoms with Gasteiger partial charge in [0, 0.05) is 11.1 Å². The lowest BCUT2D eigenvalue weighted by Gasteiger charge is -2.08. The smallest absolute Gasteiger partial charge is 0.125 e. The largest absolute Gasteiger partial charge is 0.507 e. The minimum atomic E-state index is 0.234. The average Bonchev–Trinajstić information content (AvgIpc) is 3.37. The number of rotatable bonds is 3. The molecule has 5 rings (SSSR count). The molecule has 1 aliphatic heterocycles. The average molecular weight is 368 g/mol. The molecule has 4 aromatic rings. The number of phenolic OH excluding ortho intramolecular Hbond substituents is 1. The number of aryl methyl sites for hydroxylation is 1. The van der Waals surface area contributed by atoms with Crippen LogP contribution in [0.2, 0.25) is 0 Å². The molecule has 0 fully saturated rings. The minimum absolute atomic E-state index is 0.234. The fraction of sp³-hybridized carbons (Fsp3) is 0.125. The second kappa shape index (κ2) is 6.66. The van der Waals surface area contributed by atoms with Crippen molar-refractivity contribution in [3.63, 3.8) is 0 Å². The first-order valence-corrected chi connectivity index (χ1v) is 9.34. The van der Waals surface area contributed by atoms with E-state index in [1.54, 1.807) is 6.07 Å². The van der Waals surface area contributed by atoms with Crippen molar-refractivity contribution in [1.29, 1.82) is 0 Å². The van der Waals surface area contributed by atoms with Crippen molar-refractivity contribution < 1.29 is 9.84 Å². The van der Waals surface area contributed by atoms with Crippen LogP contribution in [0.15, 0.2) is 72.8 Å². The SMILES string of the molecule is Cc1ccc(O)c(-c2cc(-c3ccc4c(c3)COC4)n(-c3ccccc3)n2)c1. The maximum absolute atomic E-state index is 10.4. The van der Waals surface area contributed by atoms with Gasteiger partial charge in [0.2, 0.25) is 0 Å². The molecule has 0 saturated carbocycles. The summed E-state index contributed by atoms with van der Waals surface area (Å²) in [7, 11) is 0. The number of ether oxygens (including phenoxy) is 1. The summed E-state index contributed by atoms with van der Waals surface area (Å²) in [5, 5.41) is 15.2. The topological polar surface area (TPSA) is 47.3 Å². The fourth-order valence-corrected chi connectivity index (χ4v) is 3.67. The van der Waals surface area contributed by atoms with Crippen molar-refractivity contribution in [3.05, 3.63) is 89.5 Å². The Bertz CT molecular complexity index is 1160. The summed E-state index contributed by atoms with van der Waals surface area (Å²) in [5.74, 6) is 0.234. The van der Waals surface area contributed by atoms with Crippen LogP contribution in [-0.4, -0.2) is 14.9 Å². The van der Waals surface area contributed by atoms with Crippen LogP contribution >= 0.6 is 0 Å². The molecule has 0 aliphatic carbocycles. The van der Waals surface area contributed by atoms with Gasteiger partial charge >= 0.3 is 0 Å². The molecule has 1 N–H and O–H groups in total. The molecule has 138 valence electrons. The Morgan fingerprint density at radius 1 is 0.893 bits per heavy atom. The van der Waals surface area contributed by atoms with E-state index in [1.165, 1.54) is 11.1 Å². The Balaban J connectivity index is 1.71. The van der Waals surface area contributed by atoms with Gasteiger partial charge in [-0.15, -0.1) is 0 Å². The van der Waals surface area contributed by atoms with Crippen LogP contribution in [-0.2, 0) is 18.0 Å². The van der Waals surface area contributed by atoms with Gasteiger partial charge in [-0.05, 0) is 54.4 Å². The second-order valence-electron chi connectivity index (χ2n) is 7.16. The molecule has 1 aliphatic rings. The lowest BCUT2D eigenvalue weighted by molar-refractivity contribution is 0.134. The van der Waals surface area contributed by atoms with Gasteiger partial charge in [0.05, 0.1) is 30.3 Å². The summed E-state index contributed by atoms with van der Waals surface area (Å²) < 4.78 is 7.51. The highest BCUT2D eigenvalue weighted by Gasteiger charge is 2.18. The lowest BCUT2D eigenvalue weighted by Crippen LogP contribution is -1.99. The van der Waals surface area contributed by atoms with Crippen LogP contribution < -0.4 is 0 Å². The van der Waals surface area contributed by atoms with E-state index >= 15 is 0 Å². The molecule has 3 aromatic carbocycles. The van der Waals surface area contributed by atoms with Crippen LogP contribution in [0.1, 0.15) is 16.7 Å². The van der Waals surface area contributed by atoms with Gasteiger partial charge in [-0.3, -0.25) is 0 Å². The molecule has 0 unspecified atom stereocenters. The van der Waals surface area contributed by atoms with Crippen LogP contribution in [0, 0.1) is 6.92 Å². The molecular formula is C24H20N2O2. The number of fused-ring (bicyclic) bond motifs is 1. The van der Waals surface area contributed by atoms with Crippen molar-refractivity contribution in [1.82, 2.24) is 9.78 Å². The van der Waals surface area contributed by atoms with E-state index in [0.29, 0.717) is 13.2 Å². The molecule has 4 nitrogen and oxygen atoms in total. The van der Waals surface area contributed by atoms with Crippen LogP contribution in [0.5, 0.6) is 5.75 Å². The van der Waals surface area contributed by atoms with Gasteiger partial charge in [0.15, 0.2) is 0 Å². The van der Waals surface area contributed by atoms with Crippen LogP contribution in [0.3, 0.4) is 0 Å². The lowest BCUT2D eigenvalue weighted by atomic mass is 10.0. The third-order valence-electron chi connectivity index (χ3n) is 5.16. The van der Waals surface area contributed by atoms with Gasteiger partial charge in [0.1, 0.15) is 5.75 Å². The van der Waals surface area contributed by atoms with Gasteiger partial charge in [-0.2, -0.15) is 5.10 Å². The van der Waals surface area contributed by atoms with E-state index in [0.717, 1.165) is 33.8 Å². The summed E-state index contributed by atoms with van der Waals surface area (Å²) in [6.07, 6.45) is 0. The normalized spacial score (nSPS) is 12.9. The zero-order valence-corrected chi connectivity index (χ0v) is 15.6. The number of phenols is 1. The van der Waals surface area contributed by atoms with Gasteiger partial charge < -0.3 is 9.84 Å². The molecule has 0 radical (unpaired) electrons. The molecule has 0 bridgehead atoms. The van der Waals surface area contributed by atoms with E-state index in [4.69, 9.17) is 9.84 Å². The predicted octanol–water partition coefficient (Wildman–Crippen LogP) is 5.25. The number of para-hydroxylation sites is 1. The Morgan fingerprint density at radius 2 is 1.71 bits per heavy atom. The standard InChI is InChI=1S/C24H20N2O2/c1-16-7-10-24(27)21(11-16)22-13-23(26(25-22)20-5-3-2-4-6-20)17-8-9-18-14-28-15-19(18)12-17/h2-13,27H,14-15H2,1H3. The monoisotopic (exact) mass is 368 g/mol. The molecule has 2 heterocycles. The number of hydrogen-bond acceptors (Lipinski definition) is 3. The van der Waals surface area contributed by atoms with Crippen molar-refractivity contribution in [2.45, 2.75) is 20.1 Å². The summed E-state index contributed by atoms with van der Waals surface area (Å²) in [6, 6.07) is 24.1. The summed E-state index contributed by atoms with van der Waals surface area (Å²) >= 11 is 0. The second-order valence-corrected chi connectivity index (χ2v) is 7.16. The Hall–Kier alpha value is -3.37. The van der Waals surface area contributed by atoms with Crippen LogP contribution in [0.25, 0.3) is 28.2 Å². The highest BCUT2D eigenvalue weighted by Crippen LogP contribution is 2.35. The highest BCUT2D eigenvalue weighted by atomic mass is 16.5. The predicted molar refractivity (Wildman–Crippen MR) is 109 cm³/mol. The molecule has 4 heteroatoms. The van der Waals surface area contributed by atoms with E-state index in [2.05, 4.69) is 18.2 Å². The quantitative estimate of drug-likeness (QED) is 0.537. The molecular weight excluding hydrogens is 348 g/mol. The minimum Gasteiger partial charge on any atom is -0.507 e. The number of nitrogens with zero attached hydrogens (tertiary/aromatic N) is 2. The molecule has 0 spiro atoms. The van der Waals surface area contributed by atoms with E-state index < -0.39 is 0 Å². The maximum Gasteiger partial charge on any atom is 0.125 e. The van der Waals surface area contributed by atoms with E-state index in [1.807, 2.05) is 60.1 Å². The first kappa shape index (κ1) is 16.8. The molecule has 28 heavy (non-hydrogen) atoms. The fourth-order valence-electron chi connectivity index (χ4n) is 3.67. The molecule has 0 saturated heterocycles. The van der Waals surface area contributed by atoms with Gasteiger partial charge in [-0.25, -0.2) is 4.68 Å². The van der Waals surface area contributed by atoms with Gasteiger partial charge in [0.25, 0.3) is 0 Å². The zero-order valence-electron chi connectivity index (χ0n) is 15.6. The van der Waals surface area contributed by atoms with Crippen molar-refractivity contribution in [3.8, 4) is 34.0 Å². The number of hydrogen-bond donors (Lipinski definition) is 1. The summed E-state index contributed by atoms with van der Waals surface area (Å²) in [6.45, 7) is 3.34. The van der Waals surface area contributed by atoms with E-state index in [9.17, 15) is 5.11 Å². The molecule has 1 aromatic heterocycles. The molecule has 0 atom stereocenters. The first-order valence-electron chi connectivity index (χ1n) is 9.34. The van der Waals surface area contributed by atoms with Crippen LogP contribution in [0.4, 0.5) is 0 Å². The summed E-state index contributed by atoms with van der Waals surface area (Å²) in [5.41, 5.74) is 8.07. The van der Waals surface area contributed by atoms with Crippen molar-refractivity contribution in [2.24, 2.45) is 0 Å². The zero-order chi connectivity index (χ0) is 19.1. The number of aromatic nitrogens is 2. The number of aromatic hydroxyl groups is 1. The highest BCUT2D eigenvalue weighted by molar-refractivity contribution is 5.74. The summed E-state index contributed by atoms with van der Waals surface area (Å²) in [4.78, 5) is 0. The Labute approximate surface area is 163 Å². The Morgan fingerprint density at radius 3 is 2.57 bits per heavy atom. The number of benzene rings is 3. The molecule has 0 amide bonds. The first-order chi connectivity index (χ1) is 13.7. The third-order valence-corrected chi connectivity index (χ3v) is 5.16. The van der Waals surface area contributed by atoms with Crippen molar-refractivity contribution in [2.75, 3.05) is 0 Å². The van der Waals surface area contributed by atoms with E-state index in [-0.39, 0.29) is 5.75 Å².